The lowest BCUT2D eigenvalue weighted by Gasteiger charge is -2.28. The topological polar surface area (TPSA) is 54.4 Å². The summed E-state index contributed by atoms with van der Waals surface area (Å²) in [7, 11) is 0. The van der Waals surface area contributed by atoms with E-state index in [1.54, 1.807) is 0 Å². The van der Waals surface area contributed by atoms with Gasteiger partial charge in [0.2, 0.25) is 0 Å². The molecule has 0 aliphatic carbocycles. The zero-order valence-electron chi connectivity index (χ0n) is 16.0. The second-order valence-electron chi connectivity index (χ2n) is 7.29. The summed E-state index contributed by atoms with van der Waals surface area (Å²) in [5.74, 6) is -0.293. The largest absolute Gasteiger partial charge is 0.352 e. The lowest BCUT2D eigenvalue weighted by molar-refractivity contribution is -0.182. The first-order chi connectivity index (χ1) is 13.7. The van der Waals surface area contributed by atoms with Gasteiger partial charge in [-0.1, -0.05) is 65.8 Å². The number of nitrogens with zero attached hydrogens (tertiary/aromatic N) is 3. The van der Waals surface area contributed by atoms with E-state index in [1.165, 1.54) is 0 Å². The fourth-order valence-corrected chi connectivity index (χ4v) is 3.76. The molecule has 3 atom stereocenters. The monoisotopic (exact) mass is 379 g/mol. The molecule has 146 valence electrons. The van der Waals surface area contributed by atoms with Crippen molar-refractivity contribution in [1.29, 1.82) is 0 Å². The van der Waals surface area contributed by atoms with Gasteiger partial charge in [0.15, 0.2) is 0 Å². The zero-order chi connectivity index (χ0) is 19.3. The van der Waals surface area contributed by atoms with Gasteiger partial charge >= 0.3 is 5.97 Å². The van der Waals surface area contributed by atoms with Crippen LogP contribution in [0.25, 0.3) is 0 Å². The number of benzene rings is 2. The molecule has 1 unspecified atom stereocenters. The minimum atomic E-state index is -0.293. The predicted molar refractivity (Wildman–Crippen MR) is 106 cm³/mol. The SMILES string of the molecule is CC(=NOC(=O)[C@@H]1CC[C@@H]2CN1CN2OCc1ccccc1)c1ccccc1. The molecule has 4 rings (SSSR count). The summed E-state index contributed by atoms with van der Waals surface area (Å²) in [6.07, 6.45) is 1.67. The van der Waals surface area contributed by atoms with Crippen molar-refractivity contribution >= 4 is 11.7 Å². The van der Waals surface area contributed by atoms with Crippen molar-refractivity contribution in [2.24, 2.45) is 5.16 Å². The van der Waals surface area contributed by atoms with Crippen LogP contribution in [-0.4, -0.2) is 46.9 Å². The van der Waals surface area contributed by atoms with E-state index in [0.29, 0.717) is 25.0 Å². The smallest absolute Gasteiger partial charge is 0.316 e. The van der Waals surface area contributed by atoms with Crippen molar-refractivity contribution in [2.45, 2.75) is 38.5 Å². The third-order valence-corrected chi connectivity index (χ3v) is 5.36. The Bertz CT molecular complexity index is 825. The Labute approximate surface area is 165 Å². The number of oxime groups is 1. The molecule has 0 aromatic heterocycles. The lowest BCUT2D eigenvalue weighted by atomic mass is 10.0. The van der Waals surface area contributed by atoms with Gasteiger partial charge < -0.3 is 4.84 Å². The van der Waals surface area contributed by atoms with Gasteiger partial charge in [-0.3, -0.25) is 9.74 Å². The van der Waals surface area contributed by atoms with E-state index < -0.39 is 0 Å². The van der Waals surface area contributed by atoms with Crippen molar-refractivity contribution < 1.29 is 14.5 Å². The molecule has 2 heterocycles. The lowest BCUT2D eigenvalue weighted by Crippen LogP contribution is -2.44. The highest BCUT2D eigenvalue weighted by atomic mass is 16.7. The minimum absolute atomic E-state index is 0.270. The van der Waals surface area contributed by atoms with Crippen LogP contribution in [-0.2, 0) is 21.1 Å². The van der Waals surface area contributed by atoms with Crippen LogP contribution < -0.4 is 0 Å². The van der Waals surface area contributed by atoms with Crippen LogP contribution in [0.15, 0.2) is 65.8 Å². The molecular weight excluding hydrogens is 354 g/mol. The molecule has 2 aromatic rings. The van der Waals surface area contributed by atoms with Gasteiger partial charge in [0.25, 0.3) is 0 Å². The molecule has 0 spiro atoms. The number of fused-ring (bicyclic) bond motifs is 2. The fourth-order valence-electron chi connectivity index (χ4n) is 3.76. The van der Waals surface area contributed by atoms with E-state index in [2.05, 4.69) is 22.2 Å². The maximum absolute atomic E-state index is 12.6. The van der Waals surface area contributed by atoms with E-state index in [4.69, 9.17) is 9.68 Å². The van der Waals surface area contributed by atoms with Gasteiger partial charge in [-0.25, -0.2) is 4.79 Å². The van der Waals surface area contributed by atoms with Gasteiger partial charge in [0.05, 0.1) is 19.0 Å². The number of hydrogen-bond donors (Lipinski definition) is 0. The molecule has 2 aliphatic rings. The van der Waals surface area contributed by atoms with Gasteiger partial charge in [-0.15, -0.1) is 0 Å². The van der Waals surface area contributed by atoms with Crippen LogP contribution in [0.4, 0.5) is 0 Å². The summed E-state index contributed by atoms with van der Waals surface area (Å²) in [6.45, 7) is 3.81. The standard InChI is InChI=1S/C22H25N3O3/c1-17(19-10-6-3-7-11-19)23-28-22(26)21-13-12-20-14-24(21)16-25(20)27-15-18-8-4-2-5-9-18/h2-11,20-21H,12-16H2,1H3/t20-,21+/m1/s1. The molecule has 0 radical (unpaired) electrons. The Hall–Kier alpha value is -2.54. The average Bonchev–Trinajstić information content (AvgIpc) is 3.07. The van der Waals surface area contributed by atoms with Crippen molar-refractivity contribution in [3.63, 3.8) is 0 Å². The number of piperidine rings is 1. The van der Waals surface area contributed by atoms with Crippen molar-refractivity contribution in [2.75, 3.05) is 13.2 Å². The molecule has 2 bridgehead atoms. The molecule has 2 aromatic carbocycles. The minimum Gasteiger partial charge on any atom is -0.316 e. The number of rotatable bonds is 6. The highest BCUT2D eigenvalue weighted by Gasteiger charge is 2.43. The van der Waals surface area contributed by atoms with E-state index in [1.807, 2.05) is 60.5 Å². The fraction of sp³-hybridized carbons (Fsp3) is 0.364. The van der Waals surface area contributed by atoms with Crippen molar-refractivity contribution in [3.8, 4) is 0 Å². The summed E-state index contributed by atoms with van der Waals surface area (Å²) in [5, 5.41) is 6.04. The molecule has 0 saturated carbocycles. The van der Waals surface area contributed by atoms with Crippen LogP contribution in [0.1, 0.15) is 30.9 Å². The van der Waals surface area contributed by atoms with Crippen LogP contribution in [0.2, 0.25) is 0 Å². The first-order valence-electron chi connectivity index (χ1n) is 9.69. The summed E-state index contributed by atoms with van der Waals surface area (Å²) in [5.41, 5.74) is 2.78. The molecule has 0 amide bonds. The summed E-state index contributed by atoms with van der Waals surface area (Å²) < 4.78 is 0. The molecule has 2 aliphatic heterocycles. The van der Waals surface area contributed by atoms with Crippen molar-refractivity contribution in [3.05, 3.63) is 71.8 Å². The maximum Gasteiger partial charge on any atom is 0.352 e. The summed E-state index contributed by atoms with van der Waals surface area (Å²) in [4.78, 5) is 26.0. The molecule has 6 nitrogen and oxygen atoms in total. The number of carbonyl (C=O) groups is 1. The normalized spacial score (nSPS) is 24.9. The van der Waals surface area contributed by atoms with E-state index >= 15 is 0 Å². The number of hydroxylamine groups is 2. The Morgan fingerprint density at radius 3 is 2.54 bits per heavy atom. The second kappa shape index (κ2) is 8.65. The zero-order valence-corrected chi connectivity index (χ0v) is 16.0. The Morgan fingerprint density at radius 2 is 1.79 bits per heavy atom. The molecule has 6 heteroatoms. The Balaban J connectivity index is 1.31. The van der Waals surface area contributed by atoms with Gasteiger partial charge in [-0.2, -0.15) is 5.06 Å². The quantitative estimate of drug-likeness (QED) is 0.438. The summed E-state index contributed by atoms with van der Waals surface area (Å²) >= 11 is 0. The molecule has 0 N–H and O–H groups in total. The predicted octanol–water partition coefficient (Wildman–Crippen LogP) is 3.19. The van der Waals surface area contributed by atoms with Gasteiger partial charge in [-0.05, 0) is 30.9 Å². The second-order valence-corrected chi connectivity index (χ2v) is 7.29. The molecule has 2 saturated heterocycles. The molecule has 28 heavy (non-hydrogen) atoms. The van der Waals surface area contributed by atoms with Gasteiger partial charge in [0, 0.05) is 12.6 Å². The molecular formula is C22H25N3O3. The first kappa shape index (κ1) is 18.8. The van der Waals surface area contributed by atoms with E-state index in [-0.39, 0.29) is 12.0 Å². The van der Waals surface area contributed by atoms with Gasteiger partial charge in [0.1, 0.15) is 6.04 Å². The van der Waals surface area contributed by atoms with Crippen LogP contribution >= 0.6 is 0 Å². The van der Waals surface area contributed by atoms with E-state index in [9.17, 15) is 4.79 Å². The number of carbonyl (C=O) groups excluding carboxylic acids is 1. The third kappa shape index (κ3) is 4.30. The first-order valence-corrected chi connectivity index (χ1v) is 9.69. The average molecular weight is 379 g/mol. The Kier molecular flexibility index (Phi) is 5.81. The van der Waals surface area contributed by atoms with Crippen molar-refractivity contribution in [1.82, 2.24) is 9.96 Å². The Morgan fingerprint density at radius 1 is 1.07 bits per heavy atom. The summed E-state index contributed by atoms with van der Waals surface area (Å²) in [6, 6.07) is 19.9. The maximum atomic E-state index is 12.6. The number of hydrogen-bond acceptors (Lipinski definition) is 6. The highest BCUT2D eigenvalue weighted by Crippen LogP contribution is 2.29. The highest BCUT2D eigenvalue weighted by molar-refractivity contribution is 5.98. The third-order valence-electron chi connectivity index (χ3n) is 5.36. The van der Waals surface area contributed by atoms with Crippen LogP contribution in [0.3, 0.4) is 0 Å². The van der Waals surface area contributed by atoms with Crippen LogP contribution in [0.5, 0.6) is 0 Å². The van der Waals surface area contributed by atoms with E-state index in [0.717, 1.165) is 30.5 Å². The molecule has 2 fully saturated rings. The van der Waals surface area contributed by atoms with Crippen LogP contribution in [0, 0.1) is 0 Å².